The summed E-state index contributed by atoms with van der Waals surface area (Å²) in [6.45, 7) is 0.710. The molecule has 1 aliphatic rings. The molecule has 4 aromatic rings. The highest BCUT2D eigenvalue weighted by Gasteiger charge is 2.36. The van der Waals surface area contributed by atoms with Gasteiger partial charge in [0.25, 0.3) is 0 Å². The summed E-state index contributed by atoms with van der Waals surface area (Å²) in [7, 11) is -4.08. The van der Waals surface area contributed by atoms with Crippen molar-refractivity contribution in [2.75, 3.05) is 11.4 Å². The van der Waals surface area contributed by atoms with Gasteiger partial charge in [-0.1, -0.05) is 24.3 Å². The van der Waals surface area contributed by atoms with Crippen molar-refractivity contribution in [1.82, 2.24) is 14.3 Å². The number of alkyl halides is 3. The largest absolute Gasteiger partial charge is 0.416 e. The van der Waals surface area contributed by atoms with E-state index in [0.717, 1.165) is 46.1 Å². The highest BCUT2D eigenvalue weighted by atomic mass is 32.2. The van der Waals surface area contributed by atoms with Gasteiger partial charge in [-0.3, -0.25) is 0 Å². The Morgan fingerprint density at radius 3 is 2.49 bits per heavy atom. The Balaban J connectivity index is 1.58. The van der Waals surface area contributed by atoms with E-state index in [1.165, 1.54) is 15.6 Å². The zero-order chi connectivity index (χ0) is 24.6. The molecule has 11 heteroatoms. The molecule has 0 amide bonds. The molecule has 2 aromatic heterocycles. The maximum absolute atomic E-state index is 13.7. The number of imidazole rings is 1. The molecule has 0 bridgehead atoms. The van der Waals surface area contributed by atoms with E-state index in [-0.39, 0.29) is 24.0 Å². The van der Waals surface area contributed by atoms with Crippen molar-refractivity contribution in [2.45, 2.75) is 30.2 Å². The lowest BCUT2D eigenvalue weighted by Gasteiger charge is -2.33. The van der Waals surface area contributed by atoms with Crippen molar-refractivity contribution in [3.8, 4) is 0 Å². The summed E-state index contributed by atoms with van der Waals surface area (Å²) in [5, 5.41) is 1.94. The summed E-state index contributed by atoms with van der Waals surface area (Å²) in [5.74, 6) is 0. The van der Waals surface area contributed by atoms with E-state index in [4.69, 9.17) is 0 Å². The first kappa shape index (κ1) is 23.6. The summed E-state index contributed by atoms with van der Waals surface area (Å²) < 4.78 is 67.8. The molecule has 0 radical (unpaired) electrons. The Morgan fingerprint density at radius 2 is 1.83 bits per heavy atom. The summed E-state index contributed by atoms with van der Waals surface area (Å²) in [4.78, 5) is 10.2. The van der Waals surface area contributed by atoms with Crippen molar-refractivity contribution in [3.63, 3.8) is 0 Å². The summed E-state index contributed by atoms with van der Waals surface area (Å²) >= 11 is 1.53. The number of thiophene rings is 1. The van der Waals surface area contributed by atoms with Gasteiger partial charge in [0.1, 0.15) is 0 Å². The van der Waals surface area contributed by atoms with Crippen molar-refractivity contribution in [3.05, 3.63) is 100 Å². The van der Waals surface area contributed by atoms with Crippen LogP contribution in [0.1, 0.15) is 27.7 Å². The topological polar surface area (TPSA) is 69.3 Å². The lowest BCUT2D eigenvalue weighted by Crippen LogP contribution is -2.37. The molecule has 2 aromatic carbocycles. The minimum Gasteiger partial charge on any atom is -0.356 e. The SMILES string of the molecule is O=S(=O)(c1ccc(C(F)(F)F)cc1)N1Cc2ccccc2N(Cc2cnc[nH]2)C(c2cccs2)C1. The average Bonchev–Trinajstić information content (AvgIpc) is 3.52. The molecule has 1 N–H and O–H groups in total. The van der Waals surface area contributed by atoms with Crippen LogP contribution in [0.5, 0.6) is 0 Å². The first-order chi connectivity index (χ1) is 16.7. The van der Waals surface area contributed by atoms with Crippen LogP contribution in [0, 0.1) is 0 Å². The van der Waals surface area contributed by atoms with Crippen LogP contribution >= 0.6 is 11.3 Å². The summed E-state index contributed by atoms with van der Waals surface area (Å²) in [5.41, 5.74) is 1.69. The second-order valence-corrected chi connectivity index (χ2v) is 11.1. The Hall–Kier alpha value is -3.15. The van der Waals surface area contributed by atoms with Gasteiger partial charge >= 0.3 is 6.18 Å². The molecule has 1 aliphatic heterocycles. The number of rotatable bonds is 5. The van der Waals surface area contributed by atoms with Gasteiger partial charge in [0, 0.05) is 29.9 Å². The fourth-order valence-electron chi connectivity index (χ4n) is 4.26. The van der Waals surface area contributed by atoms with Crippen LogP contribution in [0.4, 0.5) is 18.9 Å². The normalized spacial score (nSPS) is 17.2. The van der Waals surface area contributed by atoms with Gasteiger partial charge in [-0.15, -0.1) is 11.3 Å². The lowest BCUT2D eigenvalue weighted by molar-refractivity contribution is -0.137. The van der Waals surface area contributed by atoms with Crippen LogP contribution in [0.3, 0.4) is 0 Å². The maximum atomic E-state index is 13.7. The predicted octanol–water partition coefficient (Wildman–Crippen LogP) is 5.44. The average molecular weight is 519 g/mol. The number of nitrogens with one attached hydrogen (secondary N) is 1. The second-order valence-electron chi connectivity index (χ2n) is 8.18. The van der Waals surface area contributed by atoms with Crippen molar-refractivity contribution in [2.24, 2.45) is 0 Å². The molecule has 3 heterocycles. The number of halogens is 3. The van der Waals surface area contributed by atoms with Gasteiger partial charge in [-0.2, -0.15) is 17.5 Å². The summed E-state index contributed by atoms with van der Waals surface area (Å²) in [6.07, 6.45) is -1.21. The second kappa shape index (κ2) is 9.14. The lowest BCUT2D eigenvalue weighted by atomic mass is 10.1. The molecule has 5 rings (SSSR count). The number of benzene rings is 2. The highest BCUT2D eigenvalue weighted by Crippen LogP contribution is 2.39. The molecule has 0 saturated heterocycles. The first-order valence-corrected chi connectivity index (χ1v) is 13.1. The molecule has 6 nitrogen and oxygen atoms in total. The highest BCUT2D eigenvalue weighted by molar-refractivity contribution is 7.89. The number of hydrogen-bond donors (Lipinski definition) is 1. The molecule has 0 spiro atoms. The number of nitrogens with zero attached hydrogens (tertiary/aromatic N) is 3. The number of aromatic amines is 1. The third kappa shape index (κ3) is 4.71. The number of aromatic nitrogens is 2. The summed E-state index contributed by atoms with van der Waals surface area (Å²) in [6, 6.07) is 14.8. The first-order valence-electron chi connectivity index (χ1n) is 10.8. The Kier molecular flexibility index (Phi) is 6.16. The molecular weight excluding hydrogens is 497 g/mol. The van der Waals surface area contributed by atoms with Gasteiger partial charge < -0.3 is 9.88 Å². The van der Waals surface area contributed by atoms with Gasteiger partial charge in [-0.05, 0) is 47.3 Å². The minimum absolute atomic E-state index is 0.0981. The third-order valence-electron chi connectivity index (χ3n) is 5.99. The van der Waals surface area contributed by atoms with E-state index in [9.17, 15) is 21.6 Å². The van der Waals surface area contributed by atoms with Crippen LogP contribution in [0.15, 0.2) is 83.5 Å². The molecule has 0 saturated carbocycles. The van der Waals surface area contributed by atoms with Gasteiger partial charge in [0.2, 0.25) is 10.0 Å². The number of hydrogen-bond acceptors (Lipinski definition) is 5. The quantitative estimate of drug-likeness (QED) is 0.382. The fourth-order valence-corrected chi connectivity index (χ4v) is 6.52. The van der Waals surface area contributed by atoms with E-state index < -0.39 is 21.8 Å². The molecule has 182 valence electrons. The fraction of sp³-hybridized carbons (Fsp3) is 0.208. The zero-order valence-corrected chi connectivity index (χ0v) is 19.9. The maximum Gasteiger partial charge on any atom is 0.416 e. The predicted molar refractivity (Wildman–Crippen MR) is 127 cm³/mol. The third-order valence-corrected chi connectivity index (χ3v) is 8.79. The van der Waals surface area contributed by atoms with Crippen LogP contribution in [-0.2, 0) is 29.3 Å². The van der Waals surface area contributed by atoms with E-state index in [0.29, 0.717) is 6.54 Å². The van der Waals surface area contributed by atoms with Gasteiger partial charge in [-0.25, -0.2) is 13.4 Å². The zero-order valence-electron chi connectivity index (χ0n) is 18.3. The van der Waals surface area contributed by atoms with Crippen molar-refractivity contribution < 1.29 is 21.6 Å². The number of sulfonamides is 1. The van der Waals surface area contributed by atoms with E-state index in [1.54, 1.807) is 12.5 Å². The van der Waals surface area contributed by atoms with Crippen molar-refractivity contribution in [1.29, 1.82) is 0 Å². The van der Waals surface area contributed by atoms with Crippen LogP contribution in [-0.4, -0.2) is 29.2 Å². The molecule has 0 fully saturated rings. The monoisotopic (exact) mass is 518 g/mol. The van der Waals surface area contributed by atoms with E-state index >= 15 is 0 Å². The van der Waals surface area contributed by atoms with E-state index in [2.05, 4.69) is 14.9 Å². The molecule has 1 atom stereocenters. The molecule has 35 heavy (non-hydrogen) atoms. The van der Waals surface area contributed by atoms with Crippen LogP contribution in [0.25, 0.3) is 0 Å². The molecular formula is C24H21F3N4O2S2. The van der Waals surface area contributed by atoms with Gasteiger partial charge in [0.15, 0.2) is 0 Å². The van der Waals surface area contributed by atoms with E-state index in [1.807, 2.05) is 41.8 Å². The number of anilines is 1. The minimum atomic E-state index is -4.54. The van der Waals surface area contributed by atoms with Crippen LogP contribution in [0.2, 0.25) is 0 Å². The smallest absolute Gasteiger partial charge is 0.356 e. The Labute approximate surface area is 204 Å². The Morgan fingerprint density at radius 1 is 1.06 bits per heavy atom. The number of H-pyrrole nitrogens is 1. The molecule has 1 unspecified atom stereocenters. The standard InChI is InChI=1S/C24H21F3N4O2S2/c25-24(26,27)18-7-9-20(10-8-18)35(32,33)30-13-17-4-1-2-5-21(17)31(14-19-12-28-16-29-19)22(15-30)23-6-3-11-34-23/h1-12,16,22H,13-15H2,(H,28,29). The van der Waals surface area contributed by atoms with Crippen LogP contribution < -0.4 is 4.90 Å². The molecule has 0 aliphatic carbocycles. The Bertz CT molecular complexity index is 1390. The number of fused-ring (bicyclic) bond motifs is 1. The van der Waals surface area contributed by atoms with Crippen molar-refractivity contribution >= 4 is 27.0 Å². The number of para-hydroxylation sites is 1. The van der Waals surface area contributed by atoms with Gasteiger partial charge in [0.05, 0.1) is 35.1 Å².